The quantitative estimate of drug-likeness (QED) is 0.870. The molecule has 0 radical (unpaired) electrons. The summed E-state index contributed by atoms with van der Waals surface area (Å²) in [4.78, 5) is 12.6. The highest BCUT2D eigenvalue weighted by Crippen LogP contribution is 2.27. The van der Waals surface area contributed by atoms with Gasteiger partial charge in [0.05, 0.1) is 10.6 Å². The summed E-state index contributed by atoms with van der Waals surface area (Å²) in [7, 11) is 0. The van der Waals surface area contributed by atoms with Gasteiger partial charge in [-0.1, -0.05) is 48.0 Å². The Balaban J connectivity index is 1.73. The zero-order valence-corrected chi connectivity index (χ0v) is 14.3. The predicted octanol–water partition coefficient (Wildman–Crippen LogP) is 4.29. The minimum atomic E-state index is -0.120. The number of hydrogen-bond acceptors (Lipinski definition) is 2. The zero-order chi connectivity index (χ0) is 16.9. The van der Waals surface area contributed by atoms with Crippen molar-refractivity contribution in [3.05, 3.63) is 59.1 Å². The molecule has 2 N–H and O–H groups in total. The molecule has 24 heavy (non-hydrogen) atoms. The second-order valence-corrected chi connectivity index (χ2v) is 6.84. The van der Waals surface area contributed by atoms with E-state index in [1.807, 2.05) is 42.5 Å². The Morgan fingerprint density at radius 1 is 1.04 bits per heavy atom. The lowest BCUT2D eigenvalue weighted by Gasteiger charge is -2.28. The molecular weight excluding hydrogens is 322 g/mol. The molecule has 0 heterocycles. The lowest BCUT2D eigenvalue weighted by atomic mass is 9.86. The first-order chi connectivity index (χ1) is 11.7. The minimum Gasteiger partial charge on any atom is -0.396 e. The van der Waals surface area contributed by atoms with Crippen molar-refractivity contribution < 1.29 is 9.90 Å². The van der Waals surface area contributed by atoms with Gasteiger partial charge >= 0.3 is 0 Å². The summed E-state index contributed by atoms with van der Waals surface area (Å²) >= 11 is 6.25. The van der Waals surface area contributed by atoms with Gasteiger partial charge in [-0.25, -0.2) is 0 Å². The van der Waals surface area contributed by atoms with Gasteiger partial charge < -0.3 is 10.4 Å². The summed E-state index contributed by atoms with van der Waals surface area (Å²) in [6, 6.07) is 15.7. The lowest BCUT2D eigenvalue weighted by molar-refractivity contribution is 0.0914. The van der Waals surface area contributed by atoms with Crippen LogP contribution in [0.2, 0.25) is 5.02 Å². The molecule has 2 aromatic rings. The van der Waals surface area contributed by atoms with Crippen LogP contribution < -0.4 is 5.32 Å². The average Bonchev–Trinajstić information content (AvgIpc) is 2.63. The van der Waals surface area contributed by atoms with Gasteiger partial charge in [0.2, 0.25) is 0 Å². The van der Waals surface area contributed by atoms with Gasteiger partial charge in [-0.2, -0.15) is 0 Å². The minimum absolute atomic E-state index is 0.120. The van der Waals surface area contributed by atoms with Crippen molar-refractivity contribution in [1.82, 2.24) is 5.32 Å². The second kappa shape index (κ2) is 7.82. The number of rotatable bonds is 4. The standard InChI is InChI=1S/C20H22ClNO2/c21-19-11-8-16(15-4-2-1-3-5-15)12-18(19)20(24)22-17-9-6-14(13-23)7-10-17/h1-5,8,11-12,14,17,23H,6-7,9-10,13H2,(H,22,24). The van der Waals surface area contributed by atoms with Crippen LogP contribution >= 0.6 is 11.6 Å². The summed E-state index contributed by atoms with van der Waals surface area (Å²) < 4.78 is 0. The van der Waals surface area contributed by atoms with E-state index in [1.165, 1.54) is 0 Å². The van der Waals surface area contributed by atoms with Gasteiger partial charge in [-0.15, -0.1) is 0 Å². The molecule has 1 amide bonds. The van der Waals surface area contributed by atoms with Crippen molar-refractivity contribution in [3.63, 3.8) is 0 Å². The van der Waals surface area contributed by atoms with Gasteiger partial charge in [-0.05, 0) is 54.9 Å². The molecule has 3 rings (SSSR count). The topological polar surface area (TPSA) is 49.3 Å². The van der Waals surface area contributed by atoms with Crippen LogP contribution in [0, 0.1) is 5.92 Å². The lowest BCUT2D eigenvalue weighted by Crippen LogP contribution is -2.38. The maximum Gasteiger partial charge on any atom is 0.253 e. The van der Waals surface area contributed by atoms with Crippen molar-refractivity contribution in [1.29, 1.82) is 0 Å². The van der Waals surface area contributed by atoms with Crippen LogP contribution in [0.3, 0.4) is 0 Å². The molecule has 4 heteroatoms. The molecule has 1 saturated carbocycles. The first-order valence-corrected chi connectivity index (χ1v) is 8.82. The Morgan fingerprint density at radius 2 is 1.75 bits per heavy atom. The Labute approximate surface area is 147 Å². The van der Waals surface area contributed by atoms with Crippen LogP contribution in [-0.4, -0.2) is 23.7 Å². The van der Waals surface area contributed by atoms with E-state index in [-0.39, 0.29) is 18.6 Å². The molecule has 1 fully saturated rings. The third-order valence-electron chi connectivity index (χ3n) is 4.76. The smallest absolute Gasteiger partial charge is 0.253 e. The van der Waals surface area contributed by atoms with Gasteiger partial charge in [0.25, 0.3) is 5.91 Å². The summed E-state index contributed by atoms with van der Waals surface area (Å²) in [6.45, 7) is 0.242. The number of halogens is 1. The maximum atomic E-state index is 12.6. The number of amides is 1. The monoisotopic (exact) mass is 343 g/mol. The highest BCUT2D eigenvalue weighted by molar-refractivity contribution is 6.34. The summed E-state index contributed by atoms with van der Waals surface area (Å²) in [6.07, 6.45) is 3.73. The predicted molar refractivity (Wildman–Crippen MR) is 97.2 cm³/mol. The Kier molecular flexibility index (Phi) is 5.54. The second-order valence-electron chi connectivity index (χ2n) is 6.43. The van der Waals surface area contributed by atoms with Gasteiger partial charge in [0.1, 0.15) is 0 Å². The van der Waals surface area contributed by atoms with Crippen molar-refractivity contribution in [2.45, 2.75) is 31.7 Å². The van der Waals surface area contributed by atoms with Crippen LogP contribution in [0.5, 0.6) is 0 Å². The van der Waals surface area contributed by atoms with Crippen LogP contribution in [-0.2, 0) is 0 Å². The summed E-state index contributed by atoms with van der Waals surface area (Å²) in [5.74, 6) is 0.258. The van der Waals surface area contributed by atoms with Crippen molar-refractivity contribution >= 4 is 17.5 Å². The summed E-state index contributed by atoms with van der Waals surface area (Å²) in [5, 5.41) is 12.8. The molecular formula is C20H22ClNO2. The SMILES string of the molecule is O=C(NC1CCC(CO)CC1)c1cc(-c2ccccc2)ccc1Cl. The van der Waals surface area contributed by atoms with Crippen LogP contribution in [0.25, 0.3) is 11.1 Å². The maximum absolute atomic E-state index is 12.6. The van der Waals surface area contributed by atoms with Crippen LogP contribution in [0.4, 0.5) is 0 Å². The highest BCUT2D eigenvalue weighted by atomic mass is 35.5. The first-order valence-electron chi connectivity index (χ1n) is 8.44. The van der Waals surface area contributed by atoms with Gasteiger partial charge in [-0.3, -0.25) is 4.79 Å². The van der Waals surface area contributed by atoms with Crippen molar-refractivity contribution in [2.24, 2.45) is 5.92 Å². The van der Waals surface area contributed by atoms with E-state index in [9.17, 15) is 9.90 Å². The molecule has 0 unspecified atom stereocenters. The molecule has 0 spiro atoms. The van der Waals surface area contributed by atoms with E-state index < -0.39 is 0 Å². The van der Waals surface area contributed by atoms with E-state index >= 15 is 0 Å². The van der Waals surface area contributed by atoms with E-state index in [0.717, 1.165) is 36.8 Å². The molecule has 1 aliphatic rings. The van der Waals surface area contributed by atoms with Gasteiger partial charge in [0.15, 0.2) is 0 Å². The fourth-order valence-corrected chi connectivity index (χ4v) is 3.47. The molecule has 0 atom stereocenters. The normalized spacial score (nSPS) is 20.6. The van der Waals surface area contributed by atoms with Gasteiger partial charge in [0, 0.05) is 12.6 Å². The molecule has 0 bridgehead atoms. The largest absolute Gasteiger partial charge is 0.396 e. The number of hydrogen-bond donors (Lipinski definition) is 2. The molecule has 0 saturated heterocycles. The molecule has 0 aromatic heterocycles. The molecule has 3 nitrogen and oxygen atoms in total. The van der Waals surface area contributed by atoms with Crippen molar-refractivity contribution in [3.8, 4) is 11.1 Å². The molecule has 0 aliphatic heterocycles. The van der Waals surface area contributed by atoms with Crippen LogP contribution in [0.15, 0.2) is 48.5 Å². The van der Waals surface area contributed by atoms with E-state index in [4.69, 9.17) is 11.6 Å². The van der Waals surface area contributed by atoms with E-state index in [0.29, 0.717) is 16.5 Å². The Morgan fingerprint density at radius 3 is 2.42 bits per heavy atom. The highest BCUT2D eigenvalue weighted by Gasteiger charge is 2.23. The number of aliphatic hydroxyl groups excluding tert-OH is 1. The van der Waals surface area contributed by atoms with E-state index in [1.54, 1.807) is 6.07 Å². The number of carbonyl (C=O) groups is 1. The Hall–Kier alpha value is -1.84. The summed E-state index contributed by atoms with van der Waals surface area (Å²) in [5.41, 5.74) is 2.56. The van der Waals surface area contributed by atoms with E-state index in [2.05, 4.69) is 5.32 Å². The third kappa shape index (κ3) is 3.97. The van der Waals surface area contributed by atoms with Crippen LogP contribution in [0.1, 0.15) is 36.0 Å². The first kappa shape index (κ1) is 17.0. The molecule has 126 valence electrons. The number of carbonyl (C=O) groups excluding carboxylic acids is 1. The van der Waals surface area contributed by atoms with Crippen molar-refractivity contribution in [2.75, 3.05) is 6.61 Å². The fraction of sp³-hybridized carbons (Fsp3) is 0.350. The third-order valence-corrected chi connectivity index (χ3v) is 5.09. The Bertz CT molecular complexity index is 694. The number of aliphatic hydroxyl groups is 1. The zero-order valence-electron chi connectivity index (χ0n) is 13.5. The number of nitrogens with one attached hydrogen (secondary N) is 1. The average molecular weight is 344 g/mol. The molecule has 2 aromatic carbocycles. The number of benzene rings is 2. The molecule has 1 aliphatic carbocycles. The fourth-order valence-electron chi connectivity index (χ4n) is 3.26.